The zero-order valence-electron chi connectivity index (χ0n) is 8.93. The number of nitrogens with zero attached hydrogens (tertiary/aromatic N) is 1. The van der Waals surface area contributed by atoms with Gasteiger partial charge in [0.1, 0.15) is 0 Å². The van der Waals surface area contributed by atoms with E-state index in [-0.39, 0.29) is 23.5 Å². The van der Waals surface area contributed by atoms with Gasteiger partial charge in [-0.1, -0.05) is 0 Å². The first kappa shape index (κ1) is 12.4. The molecule has 0 aliphatic carbocycles. The predicted octanol–water partition coefficient (Wildman–Crippen LogP) is -1.52. The smallest absolute Gasteiger partial charge is 0.250 e. The molecule has 0 saturated carbocycles. The molecule has 0 radical (unpaired) electrons. The van der Waals surface area contributed by atoms with Crippen LogP contribution in [0.5, 0.6) is 0 Å². The molecule has 15 heavy (non-hydrogen) atoms. The molecule has 1 aliphatic rings. The van der Waals surface area contributed by atoms with Gasteiger partial charge in [0.2, 0.25) is 0 Å². The summed E-state index contributed by atoms with van der Waals surface area (Å²) in [5.41, 5.74) is 2.06. The van der Waals surface area contributed by atoms with Crippen LogP contribution < -0.4 is 11.3 Å². The Morgan fingerprint density at radius 1 is 1.60 bits per heavy atom. The Hall–Kier alpha value is -0.660. The summed E-state index contributed by atoms with van der Waals surface area (Å²) in [6, 6.07) is -0.490. The lowest BCUT2D eigenvalue weighted by molar-refractivity contribution is -0.126. The van der Waals surface area contributed by atoms with Crippen LogP contribution in [0.4, 0.5) is 0 Å². The molecule has 1 heterocycles. The van der Waals surface area contributed by atoms with E-state index in [0.717, 1.165) is 0 Å². The summed E-state index contributed by atoms with van der Waals surface area (Å²) in [5.74, 6) is 5.05. The summed E-state index contributed by atoms with van der Waals surface area (Å²) in [6.45, 7) is 1.70. The minimum Gasteiger partial charge on any atom is -0.293 e. The molecular formula is C8H17N3O3S. The number of sulfone groups is 1. The van der Waals surface area contributed by atoms with E-state index >= 15 is 0 Å². The van der Waals surface area contributed by atoms with Crippen molar-refractivity contribution >= 4 is 15.7 Å². The molecular weight excluding hydrogens is 218 g/mol. The molecule has 3 N–H and O–H groups in total. The van der Waals surface area contributed by atoms with Crippen molar-refractivity contribution < 1.29 is 13.2 Å². The van der Waals surface area contributed by atoms with Crippen LogP contribution in [0.1, 0.15) is 13.3 Å². The fourth-order valence-electron chi connectivity index (χ4n) is 1.72. The Morgan fingerprint density at radius 2 is 2.20 bits per heavy atom. The van der Waals surface area contributed by atoms with Gasteiger partial charge in [-0.05, 0) is 20.4 Å². The Bertz CT molecular complexity index is 341. The molecule has 1 rings (SSSR count). The Balaban J connectivity index is 2.62. The van der Waals surface area contributed by atoms with Crippen molar-refractivity contribution in [2.24, 2.45) is 5.84 Å². The normalized spacial score (nSPS) is 26.5. The molecule has 2 atom stereocenters. The third-order valence-corrected chi connectivity index (χ3v) is 4.67. The monoisotopic (exact) mass is 235 g/mol. The third kappa shape index (κ3) is 2.90. The molecule has 0 spiro atoms. The zero-order chi connectivity index (χ0) is 11.6. The largest absolute Gasteiger partial charge is 0.293 e. The highest BCUT2D eigenvalue weighted by Crippen LogP contribution is 2.18. The SMILES string of the molecule is CC(C(=O)NN)N(C)C1CCS(=O)(=O)C1. The van der Waals surface area contributed by atoms with Gasteiger partial charge in [-0.2, -0.15) is 0 Å². The second-order valence-corrected chi connectivity index (χ2v) is 6.14. The summed E-state index contributed by atoms with van der Waals surface area (Å²) in [7, 11) is -1.17. The van der Waals surface area contributed by atoms with Gasteiger partial charge in [-0.3, -0.25) is 15.1 Å². The van der Waals surface area contributed by atoms with Crippen LogP contribution >= 0.6 is 0 Å². The third-order valence-electron chi connectivity index (χ3n) is 2.92. The number of nitrogens with two attached hydrogens (primary N) is 1. The quantitative estimate of drug-likeness (QED) is 0.352. The van der Waals surface area contributed by atoms with Crippen molar-refractivity contribution in [2.75, 3.05) is 18.6 Å². The number of hydrazine groups is 1. The molecule has 1 amide bonds. The summed E-state index contributed by atoms with van der Waals surface area (Å²) >= 11 is 0. The molecule has 1 saturated heterocycles. The maximum absolute atomic E-state index is 11.3. The molecule has 0 bridgehead atoms. The number of hydrogen-bond acceptors (Lipinski definition) is 5. The molecule has 7 heteroatoms. The van der Waals surface area contributed by atoms with Gasteiger partial charge in [0.05, 0.1) is 17.5 Å². The van der Waals surface area contributed by atoms with Crippen molar-refractivity contribution in [3.8, 4) is 0 Å². The average molecular weight is 235 g/mol. The lowest BCUT2D eigenvalue weighted by atomic mass is 10.2. The second kappa shape index (κ2) is 4.46. The number of hydrogen-bond donors (Lipinski definition) is 2. The molecule has 0 aromatic heterocycles. The van der Waals surface area contributed by atoms with Gasteiger partial charge in [-0.25, -0.2) is 14.3 Å². The molecule has 6 nitrogen and oxygen atoms in total. The minimum absolute atomic E-state index is 0.0812. The summed E-state index contributed by atoms with van der Waals surface area (Å²) in [5, 5.41) is 0. The number of amides is 1. The van der Waals surface area contributed by atoms with Crippen LogP contribution in [0.3, 0.4) is 0 Å². The van der Waals surface area contributed by atoms with Crippen LogP contribution in [-0.2, 0) is 14.6 Å². The first-order valence-corrected chi connectivity index (χ1v) is 6.62. The fourth-order valence-corrected chi connectivity index (χ4v) is 3.50. The maximum atomic E-state index is 11.3. The van der Waals surface area contributed by atoms with Crippen LogP contribution in [0.2, 0.25) is 0 Å². The van der Waals surface area contributed by atoms with Gasteiger partial charge in [0, 0.05) is 6.04 Å². The zero-order valence-corrected chi connectivity index (χ0v) is 9.75. The standard InChI is InChI=1S/C8H17N3O3S/c1-6(8(12)10-9)11(2)7-3-4-15(13,14)5-7/h6-7H,3-5,9H2,1-2H3,(H,10,12). The maximum Gasteiger partial charge on any atom is 0.250 e. The number of likely N-dealkylation sites (N-methyl/N-ethyl adjacent to an activating group) is 1. The van der Waals surface area contributed by atoms with Gasteiger partial charge < -0.3 is 0 Å². The van der Waals surface area contributed by atoms with Crippen molar-refractivity contribution in [3.63, 3.8) is 0 Å². The number of rotatable bonds is 3. The van der Waals surface area contributed by atoms with Crippen LogP contribution in [-0.4, -0.2) is 49.9 Å². The van der Waals surface area contributed by atoms with Crippen LogP contribution in [0, 0.1) is 0 Å². The van der Waals surface area contributed by atoms with E-state index in [4.69, 9.17) is 5.84 Å². The van der Waals surface area contributed by atoms with E-state index in [1.807, 2.05) is 0 Å². The summed E-state index contributed by atoms with van der Waals surface area (Å²) < 4.78 is 22.5. The minimum atomic E-state index is -2.91. The number of nitrogens with one attached hydrogen (secondary N) is 1. The Labute approximate surface area is 89.7 Å². The lowest BCUT2D eigenvalue weighted by Crippen LogP contribution is -2.49. The number of carbonyl (C=O) groups excluding carboxylic acids is 1. The average Bonchev–Trinajstić information content (AvgIpc) is 2.55. The molecule has 2 unspecified atom stereocenters. The van der Waals surface area contributed by atoms with Gasteiger partial charge in [0.15, 0.2) is 9.84 Å². The van der Waals surface area contributed by atoms with Gasteiger partial charge >= 0.3 is 0 Å². The topological polar surface area (TPSA) is 92.5 Å². The van der Waals surface area contributed by atoms with Gasteiger partial charge in [0.25, 0.3) is 5.91 Å². The van der Waals surface area contributed by atoms with E-state index in [1.165, 1.54) is 0 Å². The lowest BCUT2D eigenvalue weighted by Gasteiger charge is -2.28. The Morgan fingerprint density at radius 3 is 2.60 bits per heavy atom. The van der Waals surface area contributed by atoms with Crippen LogP contribution in [0.15, 0.2) is 0 Å². The Kier molecular flexibility index (Phi) is 3.69. The highest BCUT2D eigenvalue weighted by molar-refractivity contribution is 7.91. The highest BCUT2D eigenvalue weighted by Gasteiger charge is 2.33. The van der Waals surface area contributed by atoms with E-state index in [2.05, 4.69) is 5.43 Å². The molecule has 0 aromatic rings. The van der Waals surface area contributed by atoms with Crippen molar-refractivity contribution in [1.29, 1.82) is 0 Å². The molecule has 1 aliphatic heterocycles. The molecule has 88 valence electrons. The van der Waals surface area contributed by atoms with Crippen molar-refractivity contribution in [1.82, 2.24) is 10.3 Å². The van der Waals surface area contributed by atoms with Crippen molar-refractivity contribution in [2.45, 2.75) is 25.4 Å². The summed E-state index contributed by atoms with van der Waals surface area (Å²) in [4.78, 5) is 13.0. The van der Waals surface area contributed by atoms with Gasteiger partial charge in [-0.15, -0.1) is 0 Å². The van der Waals surface area contributed by atoms with E-state index in [0.29, 0.717) is 6.42 Å². The molecule has 1 fully saturated rings. The highest BCUT2D eigenvalue weighted by atomic mass is 32.2. The molecule has 0 aromatic carbocycles. The predicted molar refractivity (Wildman–Crippen MR) is 56.6 cm³/mol. The second-order valence-electron chi connectivity index (χ2n) is 3.91. The van der Waals surface area contributed by atoms with Crippen LogP contribution in [0.25, 0.3) is 0 Å². The van der Waals surface area contributed by atoms with Crippen molar-refractivity contribution in [3.05, 3.63) is 0 Å². The first-order valence-electron chi connectivity index (χ1n) is 4.80. The first-order chi connectivity index (χ1) is 6.87. The summed E-state index contributed by atoms with van der Waals surface area (Å²) in [6.07, 6.45) is 0.584. The van der Waals surface area contributed by atoms with E-state index in [1.54, 1.807) is 18.9 Å². The van der Waals surface area contributed by atoms with E-state index in [9.17, 15) is 13.2 Å². The number of carbonyl (C=O) groups is 1. The fraction of sp³-hybridized carbons (Fsp3) is 0.875. The van der Waals surface area contributed by atoms with E-state index < -0.39 is 15.9 Å².